The van der Waals surface area contributed by atoms with Crippen molar-refractivity contribution in [3.8, 4) is 17.2 Å². The van der Waals surface area contributed by atoms with Crippen LogP contribution in [0, 0.1) is 5.82 Å². The normalized spacial score (nSPS) is 14.3. The first-order valence-corrected chi connectivity index (χ1v) is 10.2. The molecule has 0 radical (unpaired) electrons. The molecule has 0 saturated carbocycles. The fraction of sp³-hybridized carbons (Fsp3) is 0.167. The van der Waals surface area contributed by atoms with Crippen molar-refractivity contribution in [3.63, 3.8) is 0 Å². The number of fused-ring (bicyclic) bond motifs is 2. The van der Waals surface area contributed by atoms with E-state index >= 15 is 0 Å². The van der Waals surface area contributed by atoms with E-state index in [2.05, 4.69) is 11.0 Å². The van der Waals surface area contributed by atoms with E-state index in [-0.39, 0.29) is 11.6 Å². The largest absolute Gasteiger partial charge is 0.508 e. The number of benzene rings is 3. The summed E-state index contributed by atoms with van der Waals surface area (Å²) in [5.41, 5.74) is 3.86. The summed E-state index contributed by atoms with van der Waals surface area (Å²) in [5, 5.41) is 11.1. The van der Waals surface area contributed by atoms with Gasteiger partial charge in [0.05, 0.1) is 10.5 Å². The zero-order valence-corrected chi connectivity index (χ0v) is 16.9. The molecule has 1 aliphatic rings. The fourth-order valence-electron chi connectivity index (χ4n) is 4.04. The minimum absolute atomic E-state index is 0.254. The number of aromatic nitrogens is 1. The summed E-state index contributed by atoms with van der Waals surface area (Å²) in [6.45, 7) is 2.66. The average Bonchev–Trinajstić information content (AvgIpc) is 3.01. The number of aromatic hydroxyl groups is 1. The lowest BCUT2D eigenvalue weighted by Crippen LogP contribution is -2.25. The Morgan fingerprint density at radius 1 is 1.07 bits per heavy atom. The molecule has 152 valence electrons. The van der Waals surface area contributed by atoms with Crippen LogP contribution in [0.25, 0.3) is 16.6 Å². The smallest absolute Gasteiger partial charge is 0.142 e. The van der Waals surface area contributed by atoms with Gasteiger partial charge in [-0.25, -0.2) is 4.39 Å². The van der Waals surface area contributed by atoms with Crippen molar-refractivity contribution in [2.75, 3.05) is 13.2 Å². The third kappa shape index (κ3) is 3.62. The number of phenols is 1. The summed E-state index contributed by atoms with van der Waals surface area (Å²) in [6.07, 6.45) is 1.92. The monoisotopic (exact) mass is 422 g/mol. The van der Waals surface area contributed by atoms with Gasteiger partial charge in [0.1, 0.15) is 23.9 Å². The van der Waals surface area contributed by atoms with Crippen molar-refractivity contribution in [2.24, 2.45) is 0 Å². The molecule has 3 aromatic carbocycles. The van der Waals surface area contributed by atoms with E-state index < -0.39 is 0 Å². The molecule has 0 amide bonds. The molecule has 0 bridgehead atoms. The number of halogens is 2. The SMILES string of the molecule is Oc1cccc(CN2CCOc3c(Cl)cc(-n4ccc5cc(F)ccc54)cc3C2)c1. The molecule has 0 aliphatic carbocycles. The van der Waals surface area contributed by atoms with Crippen LogP contribution in [-0.2, 0) is 13.1 Å². The number of hydrogen-bond acceptors (Lipinski definition) is 3. The molecule has 6 heteroatoms. The summed E-state index contributed by atoms with van der Waals surface area (Å²) >= 11 is 6.59. The van der Waals surface area contributed by atoms with Gasteiger partial charge in [-0.1, -0.05) is 23.7 Å². The highest BCUT2D eigenvalue weighted by Crippen LogP contribution is 2.35. The molecule has 0 atom stereocenters. The molecule has 0 unspecified atom stereocenters. The molecule has 30 heavy (non-hydrogen) atoms. The van der Waals surface area contributed by atoms with E-state index in [0.717, 1.165) is 34.3 Å². The van der Waals surface area contributed by atoms with Gasteiger partial charge in [-0.2, -0.15) is 0 Å². The summed E-state index contributed by atoms with van der Waals surface area (Å²) < 4.78 is 21.5. The first-order valence-electron chi connectivity index (χ1n) is 9.79. The maximum absolute atomic E-state index is 13.6. The lowest BCUT2D eigenvalue weighted by atomic mass is 10.1. The van der Waals surface area contributed by atoms with Gasteiger partial charge in [-0.3, -0.25) is 4.90 Å². The Hall–Kier alpha value is -3.02. The van der Waals surface area contributed by atoms with Gasteiger partial charge in [0.25, 0.3) is 0 Å². The topological polar surface area (TPSA) is 37.6 Å². The minimum Gasteiger partial charge on any atom is -0.508 e. The van der Waals surface area contributed by atoms with Gasteiger partial charge in [-0.05, 0) is 54.1 Å². The number of ether oxygens (including phenoxy) is 1. The summed E-state index contributed by atoms with van der Waals surface area (Å²) in [6, 6.07) is 17.9. The number of hydrogen-bond donors (Lipinski definition) is 1. The van der Waals surface area contributed by atoms with Crippen LogP contribution >= 0.6 is 11.6 Å². The van der Waals surface area contributed by atoms with Gasteiger partial charge in [0.15, 0.2) is 0 Å². The van der Waals surface area contributed by atoms with Crippen LogP contribution in [0.5, 0.6) is 11.5 Å². The van der Waals surface area contributed by atoms with Gasteiger partial charge in [-0.15, -0.1) is 0 Å². The predicted octanol–water partition coefficient (Wildman–Crippen LogP) is 5.52. The molecule has 5 rings (SSSR count). The van der Waals surface area contributed by atoms with Crippen molar-refractivity contribution >= 4 is 22.5 Å². The molecule has 1 aromatic heterocycles. The second kappa shape index (κ2) is 7.67. The van der Waals surface area contributed by atoms with Crippen LogP contribution in [0.15, 0.2) is 66.9 Å². The Bertz CT molecular complexity index is 1240. The predicted molar refractivity (Wildman–Crippen MR) is 116 cm³/mol. The van der Waals surface area contributed by atoms with Crippen molar-refractivity contribution in [1.29, 1.82) is 0 Å². The van der Waals surface area contributed by atoms with Gasteiger partial charge in [0, 0.05) is 42.5 Å². The highest BCUT2D eigenvalue weighted by atomic mass is 35.5. The van der Waals surface area contributed by atoms with Crippen LogP contribution in [0.3, 0.4) is 0 Å². The molecule has 1 aliphatic heterocycles. The van der Waals surface area contributed by atoms with Gasteiger partial charge in [0.2, 0.25) is 0 Å². The second-order valence-electron chi connectivity index (χ2n) is 7.53. The van der Waals surface area contributed by atoms with Crippen LogP contribution in [-0.4, -0.2) is 27.7 Å². The first kappa shape index (κ1) is 19.0. The van der Waals surface area contributed by atoms with Crippen molar-refractivity contribution < 1.29 is 14.2 Å². The molecule has 4 aromatic rings. The number of nitrogens with zero attached hydrogens (tertiary/aromatic N) is 2. The summed E-state index contributed by atoms with van der Waals surface area (Å²) in [4.78, 5) is 2.27. The third-order valence-electron chi connectivity index (χ3n) is 5.40. The van der Waals surface area contributed by atoms with Crippen molar-refractivity contribution in [2.45, 2.75) is 13.1 Å². The van der Waals surface area contributed by atoms with Crippen molar-refractivity contribution in [3.05, 3.63) is 88.8 Å². The number of phenolic OH excluding ortho intramolecular Hbond substituents is 1. The van der Waals surface area contributed by atoms with Crippen LogP contribution in [0.2, 0.25) is 5.02 Å². The van der Waals surface area contributed by atoms with Gasteiger partial charge >= 0.3 is 0 Å². The van der Waals surface area contributed by atoms with E-state index in [4.69, 9.17) is 16.3 Å². The quantitative estimate of drug-likeness (QED) is 0.472. The Morgan fingerprint density at radius 2 is 1.97 bits per heavy atom. The van der Waals surface area contributed by atoms with E-state index in [0.29, 0.717) is 30.5 Å². The molecule has 0 fully saturated rings. The highest BCUT2D eigenvalue weighted by molar-refractivity contribution is 6.32. The molecule has 0 saturated heterocycles. The molecule has 2 heterocycles. The van der Waals surface area contributed by atoms with E-state index in [1.165, 1.54) is 12.1 Å². The summed E-state index contributed by atoms with van der Waals surface area (Å²) in [5.74, 6) is 0.720. The molecular weight excluding hydrogens is 403 g/mol. The Kier molecular flexibility index (Phi) is 4.85. The maximum atomic E-state index is 13.6. The van der Waals surface area contributed by atoms with E-state index in [1.807, 2.05) is 35.0 Å². The first-order chi connectivity index (χ1) is 14.6. The standard InChI is InChI=1S/C24H20ClFN2O2/c25-22-13-20(28-7-6-17-11-19(26)4-5-23(17)28)12-18-15-27(8-9-30-24(18)22)14-16-2-1-3-21(29)10-16/h1-7,10-13,29H,8-9,14-15H2. The van der Waals surface area contributed by atoms with Crippen molar-refractivity contribution in [1.82, 2.24) is 9.47 Å². The highest BCUT2D eigenvalue weighted by Gasteiger charge is 2.20. The number of rotatable bonds is 3. The zero-order valence-electron chi connectivity index (χ0n) is 16.2. The van der Waals surface area contributed by atoms with Gasteiger partial charge < -0.3 is 14.4 Å². The minimum atomic E-state index is -0.254. The second-order valence-corrected chi connectivity index (χ2v) is 7.94. The van der Waals surface area contributed by atoms with E-state index in [1.54, 1.807) is 18.2 Å². The zero-order chi connectivity index (χ0) is 20.7. The lowest BCUT2D eigenvalue weighted by Gasteiger charge is -2.20. The molecule has 0 spiro atoms. The average molecular weight is 423 g/mol. The lowest BCUT2D eigenvalue weighted by molar-refractivity contribution is 0.219. The fourth-order valence-corrected chi connectivity index (χ4v) is 4.32. The molecule has 4 nitrogen and oxygen atoms in total. The summed E-state index contributed by atoms with van der Waals surface area (Å²) in [7, 11) is 0. The van der Waals surface area contributed by atoms with Crippen LogP contribution in [0.1, 0.15) is 11.1 Å². The molecular formula is C24H20ClFN2O2. The Labute approximate surface area is 178 Å². The Balaban J connectivity index is 1.50. The maximum Gasteiger partial charge on any atom is 0.142 e. The third-order valence-corrected chi connectivity index (χ3v) is 5.68. The van der Waals surface area contributed by atoms with Crippen LogP contribution in [0.4, 0.5) is 4.39 Å². The Morgan fingerprint density at radius 3 is 2.83 bits per heavy atom. The molecule has 1 N–H and O–H groups in total. The van der Waals surface area contributed by atoms with Crippen LogP contribution < -0.4 is 4.74 Å². The van der Waals surface area contributed by atoms with E-state index in [9.17, 15) is 9.50 Å².